The molecule has 1 aliphatic rings. The van der Waals surface area contributed by atoms with Gasteiger partial charge in [0.05, 0.1) is 5.56 Å². The summed E-state index contributed by atoms with van der Waals surface area (Å²) in [6.45, 7) is 1.36. The van der Waals surface area contributed by atoms with E-state index in [0.717, 1.165) is 19.4 Å². The molecule has 1 saturated heterocycles. The van der Waals surface area contributed by atoms with E-state index in [1.807, 2.05) is 0 Å². The van der Waals surface area contributed by atoms with E-state index in [4.69, 9.17) is 5.11 Å². The van der Waals surface area contributed by atoms with E-state index in [0.29, 0.717) is 23.1 Å². The first-order valence-corrected chi connectivity index (χ1v) is 7.49. The number of carboxylic acids is 1. The molecular formula is C14H17BrN2O3. The predicted octanol–water partition coefficient (Wildman–Crippen LogP) is 2.56. The number of aromatic nitrogens is 1. The smallest absolute Gasteiger partial charge is 0.303 e. The lowest BCUT2D eigenvalue weighted by molar-refractivity contribution is -0.137. The Morgan fingerprint density at radius 1 is 1.50 bits per heavy atom. The van der Waals surface area contributed by atoms with Gasteiger partial charge in [0.25, 0.3) is 5.91 Å². The Hall–Kier alpha value is -1.43. The van der Waals surface area contributed by atoms with Crippen molar-refractivity contribution in [2.75, 3.05) is 13.1 Å². The van der Waals surface area contributed by atoms with Gasteiger partial charge in [0.15, 0.2) is 0 Å². The van der Waals surface area contributed by atoms with Crippen LogP contribution in [0.15, 0.2) is 22.9 Å². The number of amides is 1. The zero-order valence-corrected chi connectivity index (χ0v) is 12.7. The fraction of sp³-hybridized carbons (Fsp3) is 0.500. The molecule has 1 aromatic rings. The molecule has 108 valence electrons. The molecule has 0 radical (unpaired) electrons. The van der Waals surface area contributed by atoms with Crippen LogP contribution in [0.5, 0.6) is 0 Å². The average Bonchev–Trinajstić information content (AvgIpc) is 2.45. The predicted molar refractivity (Wildman–Crippen MR) is 77.4 cm³/mol. The lowest BCUT2D eigenvalue weighted by Crippen LogP contribution is -2.40. The number of rotatable bonds is 4. The van der Waals surface area contributed by atoms with Crippen molar-refractivity contribution in [2.24, 2.45) is 5.92 Å². The molecule has 1 unspecified atom stereocenters. The molecule has 1 fully saturated rings. The van der Waals surface area contributed by atoms with Gasteiger partial charge in [-0.3, -0.25) is 9.59 Å². The van der Waals surface area contributed by atoms with Crippen molar-refractivity contribution in [3.05, 3.63) is 28.5 Å². The van der Waals surface area contributed by atoms with Crippen molar-refractivity contribution < 1.29 is 14.7 Å². The Labute approximate surface area is 126 Å². The number of hydrogen-bond acceptors (Lipinski definition) is 3. The van der Waals surface area contributed by atoms with Gasteiger partial charge in [-0.05, 0) is 53.2 Å². The molecule has 6 heteroatoms. The van der Waals surface area contributed by atoms with Gasteiger partial charge in [0.1, 0.15) is 4.60 Å². The van der Waals surface area contributed by atoms with Gasteiger partial charge >= 0.3 is 5.97 Å². The fourth-order valence-corrected chi connectivity index (χ4v) is 2.95. The fourth-order valence-electron chi connectivity index (χ4n) is 2.53. The number of pyridine rings is 1. The quantitative estimate of drug-likeness (QED) is 0.855. The van der Waals surface area contributed by atoms with E-state index >= 15 is 0 Å². The maximum absolute atomic E-state index is 12.4. The summed E-state index contributed by atoms with van der Waals surface area (Å²) in [5.41, 5.74) is 0.561. The molecule has 1 atom stereocenters. The van der Waals surface area contributed by atoms with Gasteiger partial charge < -0.3 is 10.0 Å². The van der Waals surface area contributed by atoms with E-state index in [-0.39, 0.29) is 18.2 Å². The zero-order chi connectivity index (χ0) is 14.5. The second kappa shape index (κ2) is 6.83. The number of aliphatic carboxylic acids is 1. The summed E-state index contributed by atoms with van der Waals surface area (Å²) in [5.74, 6) is -0.535. The van der Waals surface area contributed by atoms with Crippen LogP contribution < -0.4 is 0 Å². The summed E-state index contributed by atoms with van der Waals surface area (Å²) in [7, 11) is 0. The van der Waals surface area contributed by atoms with Gasteiger partial charge in [-0.2, -0.15) is 0 Å². The van der Waals surface area contributed by atoms with Crippen LogP contribution >= 0.6 is 15.9 Å². The van der Waals surface area contributed by atoms with Crippen LogP contribution in [0.4, 0.5) is 0 Å². The molecule has 1 aromatic heterocycles. The molecule has 0 spiro atoms. The van der Waals surface area contributed by atoms with Crippen molar-refractivity contribution in [3.8, 4) is 0 Å². The number of likely N-dealkylation sites (tertiary alicyclic amines) is 1. The Morgan fingerprint density at radius 3 is 3.00 bits per heavy atom. The highest BCUT2D eigenvalue weighted by molar-refractivity contribution is 9.10. The molecule has 0 aromatic carbocycles. The topological polar surface area (TPSA) is 70.5 Å². The Bertz CT molecular complexity index is 507. The Balaban J connectivity index is 2.00. The SMILES string of the molecule is O=C(O)CCC1CCCN(C(=O)c2cccnc2Br)C1. The van der Waals surface area contributed by atoms with E-state index in [1.54, 1.807) is 23.2 Å². The van der Waals surface area contributed by atoms with Crippen molar-refractivity contribution in [1.82, 2.24) is 9.88 Å². The zero-order valence-electron chi connectivity index (χ0n) is 11.1. The summed E-state index contributed by atoms with van der Waals surface area (Å²) in [4.78, 5) is 28.9. The van der Waals surface area contributed by atoms with Gasteiger partial charge in [0.2, 0.25) is 0 Å². The second-order valence-corrected chi connectivity index (χ2v) is 5.78. The minimum atomic E-state index is -0.775. The van der Waals surface area contributed by atoms with Crippen molar-refractivity contribution >= 4 is 27.8 Å². The highest BCUT2D eigenvalue weighted by Crippen LogP contribution is 2.24. The van der Waals surface area contributed by atoms with E-state index < -0.39 is 5.97 Å². The van der Waals surface area contributed by atoms with Crippen LogP contribution in [0.25, 0.3) is 0 Å². The highest BCUT2D eigenvalue weighted by atomic mass is 79.9. The van der Waals surface area contributed by atoms with E-state index in [9.17, 15) is 9.59 Å². The van der Waals surface area contributed by atoms with Crippen LogP contribution in [0.1, 0.15) is 36.0 Å². The molecule has 0 aliphatic carbocycles. The van der Waals surface area contributed by atoms with Gasteiger partial charge in [0, 0.05) is 25.7 Å². The van der Waals surface area contributed by atoms with Crippen LogP contribution in [0, 0.1) is 5.92 Å². The molecular weight excluding hydrogens is 324 g/mol. The molecule has 1 aliphatic heterocycles. The Morgan fingerprint density at radius 2 is 2.30 bits per heavy atom. The molecule has 0 bridgehead atoms. The molecule has 20 heavy (non-hydrogen) atoms. The summed E-state index contributed by atoms with van der Waals surface area (Å²) in [6.07, 6.45) is 4.35. The lowest BCUT2D eigenvalue weighted by Gasteiger charge is -2.32. The third-order valence-electron chi connectivity index (χ3n) is 3.56. The standard InChI is InChI=1S/C14H17BrN2O3/c15-13-11(4-1-7-16-13)14(20)17-8-2-3-10(9-17)5-6-12(18)19/h1,4,7,10H,2-3,5-6,8-9H2,(H,18,19). The minimum Gasteiger partial charge on any atom is -0.481 e. The molecule has 2 rings (SSSR count). The monoisotopic (exact) mass is 340 g/mol. The third-order valence-corrected chi connectivity index (χ3v) is 4.19. The third kappa shape index (κ3) is 3.79. The van der Waals surface area contributed by atoms with E-state index in [2.05, 4.69) is 20.9 Å². The largest absolute Gasteiger partial charge is 0.481 e. The van der Waals surface area contributed by atoms with Crippen molar-refractivity contribution in [3.63, 3.8) is 0 Å². The molecule has 5 nitrogen and oxygen atoms in total. The number of hydrogen-bond donors (Lipinski definition) is 1. The maximum Gasteiger partial charge on any atom is 0.303 e. The first-order valence-electron chi connectivity index (χ1n) is 6.69. The number of nitrogens with zero attached hydrogens (tertiary/aromatic N) is 2. The number of carbonyl (C=O) groups is 2. The molecule has 2 heterocycles. The van der Waals surface area contributed by atoms with Crippen molar-refractivity contribution in [2.45, 2.75) is 25.7 Å². The number of piperidine rings is 1. The molecule has 0 saturated carbocycles. The average molecular weight is 341 g/mol. The first-order chi connectivity index (χ1) is 9.58. The summed E-state index contributed by atoms with van der Waals surface area (Å²) < 4.78 is 0.553. The number of carbonyl (C=O) groups excluding carboxylic acids is 1. The Kier molecular flexibility index (Phi) is 5.11. The summed E-state index contributed by atoms with van der Waals surface area (Å²) in [6, 6.07) is 3.49. The van der Waals surface area contributed by atoms with Gasteiger partial charge in [-0.15, -0.1) is 0 Å². The molecule has 1 N–H and O–H groups in total. The van der Waals surface area contributed by atoms with Gasteiger partial charge in [-0.1, -0.05) is 0 Å². The second-order valence-electron chi connectivity index (χ2n) is 5.03. The lowest BCUT2D eigenvalue weighted by atomic mass is 9.93. The van der Waals surface area contributed by atoms with Crippen LogP contribution in [-0.2, 0) is 4.79 Å². The van der Waals surface area contributed by atoms with Crippen LogP contribution in [0.2, 0.25) is 0 Å². The maximum atomic E-state index is 12.4. The first kappa shape index (κ1) is 15.0. The molecule has 1 amide bonds. The normalized spacial score (nSPS) is 18.9. The summed E-state index contributed by atoms with van der Waals surface area (Å²) >= 11 is 3.29. The number of carboxylic acid groups (broad SMARTS) is 1. The van der Waals surface area contributed by atoms with Gasteiger partial charge in [-0.25, -0.2) is 4.98 Å². The number of halogens is 1. The summed E-state index contributed by atoms with van der Waals surface area (Å²) in [5, 5.41) is 8.74. The highest BCUT2D eigenvalue weighted by Gasteiger charge is 2.25. The van der Waals surface area contributed by atoms with Crippen LogP contribution in [0.3, 0.4) is 0 Å². The van der Waals surface area contributed by atoms with Crippen LogP contribution in [-0.4, -0.2) is 40.0 Å². The minimum absolute atomic E-state index is 0.0370. The van der Waals surface area contributed by atoms with E-state index in [1.165, 1.54) is 0 Å². The van der Waals surface area contributed by atoms with Crippen molar-refractivity contribution in [1.29, 1.82) is 0 Å².